The van der Waals surface area contributed by atoms with Crippen molar-refractivity contribution >= 4 is 6.03 Å². The van der Waals surface area contributed by atoms with E-state index in [1.807, 2.05) is 32.0 Å². The zero-order chi connectivity index (χ0) is 20.0. The van der Waals surface area contributed by atoms with Gasteiger partial charge in [0.1, 0.15) is 6.04 Å². The molecule has 2 aliphatic heterocycles. The molecule has 29 heavy (non-hydrogen) atoms. The predicted molar refractivity (Wildman–Crippen MR) is 100 cm³/mol. The Morgan fingerprint density at radius 1 is 1.31 bits per heavy atom. The molecule has 0 unspecified atom stereocenters. The smallest absolute Gasteiger partial charge is 0.318 e. The van der Waals surface area contributed by atoms with Gasteiger partial charge in [0.05, 0.1) is 24.3 Å². The van der Waals surface area contributed by atoms with Crippen molar-refractivity contribution in [2.45, 2.75) is 38.9 Å². The normalized spacial score (nSPS) is 17.5. The number of aromatic amines is 1. The number of carbonyl (C=O) groups is 1. The van der Waals surface area contributed by atoms with Crippen LogP contribution in [0.5, 0.6) is 11.5 Å². The van der Waals surface area contributed by atoms with Gasteiger partial charge in [-0.2, -0.15) is 4.98 Å². The highest BCUT2D eigenvalue weighted by atomic mass is 16.7. The van der Waals surface area contributed by atoms with Gasteiger partial charge in [0.2, 0.25) is 18.5 Å². The maximum atomic E-state index is 12.8. The number of fused-ring (bicyclic) bond motifs is 2. The molecule has 5 rings (SSSR count). The number of hydrogen-bond acceptors (Lipinski definition) is 7. The van der Waals surface area contributed by atoms with Crippen LogP contribution in [0.4, 0.5) is 4.79 Å². The number of carbonyl (C=O) groups excluding carboxylic acids is 1. The zero-order valence-electron chi connectivity index (χ0n) is 16.0. The number of H-pyrrole nitrogens is 1. The van der Waals surface area contributed by atoms with Gasteiger partial charge in [-0.25, -0.2) is 9.78 Å². The van der Waals surface area contributed by atoms with Gasteiger partial charge in [0.25, 0.3) is 0 Å². The molecular formula is C19H20N6O4. The van der Waals surface area contributed by atoms with Crippen molar-refractivity contribution < 1.29 is 18.8 Å². The van der Waals surface area contributed by atoms with E-state index in [1.165, 1.54) is 0 Å². The molecule has 1 aromatic carbocycles. The molecule has 150 valence electrons. The first-order valence-corrected chi connectivity index (χ1v) is 9.40. The molecule has 2 aliphatic rings. The Morgan fingerprint density at radius 2 is 2.17 bits per heavy atom. The Kier molecular flexibility index (Phi) is 4.11. The molecule has 0 saturated carbocycles. The number of nitrogens with zero attached hydrogens (tertiary/aromatic N) is 4. The molecule has 4 heterocycles. The van der Waals surface area contributed by atoms with E-state index in [2.05, 4.69) is 25.4 Å². The summed E-state index contributed by atoms with van der Waals surface area (Å²) in [6.45, 7) is 4.43. The van der Waals surface area contributed by atoms with Gasteiger partial charge in [-0.1, -0.05) is 5.16 Å². The minimum absolute atomic E-state index is 0.0122. The largest absolute Gasteiger partial charge is 0.454 e. The molecular weight excluding hydrogens is 376 g/mol. The number of rotatable bonds is 3. The van der Waals surface area contributed by atoms with Crippen molar-refractivity contribution in [1.82, 2.24) is 30.3 Å². The van der Waals surface area contributed by atoms with E-state index >= 15 is 0 Å². The van der Waals surface area contributed by atoms with Gasteiger partial charge in [0, 0.05) is 18.0 Å². The zero-order valence-corrected chi connectivity index (χ0v) is 16.0. The minimum atomic E-state index is -0.403. The van der Waals surface area contributed by atoms with Gasteiger partial charge >= 0.3 is 6.03 Å². The first-order valence-electron chi connectivity index (χ1n) is 9.40. The van der Waals surface area contributed by atoms with Gasteiger partial charge in [-0.05, 0) is 32.0 Å². The van der Waals surface area contributed by atoms with Crippen molar-refractivity contribution in [3.8, 4) is 22.9 Å². The lowest BCUT2D eigenvalue weighted by Crippen LogP contribution is -2.46. The molecule has 3 aromatic rings. The number of aromatic nitrogens is 4. The lowest BCUT2D eigenvalue weighted by Gasteiger charge is -2.33. The van der Waals surface area contributed by atoms with Crippen LogP contribution in [0.3, 0.4) is 0 Å². The molecule has 0 radical (unpaired) electrons. The first kappa shape index (κ1) is 17.5. The Bertz CT molecular complexity index is 1060. The van der Waals surface area contributed by atoms with Crippen LogP contribution in [-0.4, -0.2) is 43.9 Å². The molecule has 0 fully saturated rings. The molecule has 2 aromatic heterocycles. The quantitative estimate of drug-likeness (QED) is 0.698. The van der Waals surface area contributed by atoms with E-state index < -0.39 is 6.04 Å². The predicted octanol–water partition coefficient (Wildman–Crippen LogP) is 2.41. The Hall–Kier alpha value is -3.56. The second-order valence-electron chi connectivity index (χ2n) is 7.30. The van der Waals surface area contributed by atoms with Crippen molar-refractivity contribution in [3.63, 3.8) is 0 Å². The van der Waals surface area contributed by atoms with Crippen LogP contribution in [0.25, 0.3) is 11.4 Å². The number of urea groups is 1. The number of hydrogen-bond donors (Lipinski definition) is 2. The van der Waals surface area contributed by atoms with E-state index in [0.717, 1.165) is 17.0 Å². The summed E-state index contributed by atoms with van der Waals surface area (Å²) in [5.74, 6) is 2.12. The highest BCUT2D eigenvalue weighted by Crippen LogP contribution is 2.36. The second-order valence-corrected chi connectivity index (χ2v) is 7.30. The molecule has 1 atom stereocenters. The second kappa shape index (κ2) is 6.80. The maximum Gasteiger partial charge on any atom is 0.318 e. The molecule has 2 N–H and O–H groups in total. The average Bonchev–Trinajstić information content (AvgIpc) is 3.44. The van der Waals surface area contributed by atoms with E-state index in [1.54, 1.807) is 11.2 Å². The topological polar surface area (TPSA) is 118 Å². The number of imidazole rings is 1. The molecule has 0 aliphatic carbocycles. The maximum absolute atomic E-state index is 12.8. The van der Waals surface area contributed by atoms with Crippen LogP contribution < -0.4 is 14.8 Å². The number of amides is 2. The number of ether oxygens (including phenoxy) is 2. The Labute approximate surface area is 166 Å². The fourth-order valence-corrected chi connectivity index (χ4v) is 3.52. The molecule has 2 amide bonds. The first-order chi connectivity index (χ1) is 14.1. The Balaban J connectivity index is 1.46. The van der Waals surface area contributed by atoms with Gasteiger partial charge in [0.15, 0.2) is 11.5 Å². The average molecular weight is 396 g/mol. The highest BCUT2D eigenvalue weighted by Gasteiger charge is 2.36. The third-order valence-corrected chi connectivity index (χ3v) is 4.93. The molecule has 0 bridgehead atoms. The number of nitrogens with one attached hydrogen (secondary N) is 2. The lowest BCUT2D eigenvalue weighted by molar-refractivity contribution is 0.142. The highest BCUT2D eigenvalue weighted by molar-refractivity contribution is 5.75. The van der Waals surface area contributed by atoms with Crippen molar-refractivity contribution in [2.75, 3.05) is 6.79 Å². The number of benzene rings is 1. The van der Waals surface area contributed by atoms with E-state index in [0.29, 0.717) is 36.2 Å². The third kappa shape index (κ3) is 3.16. The lowest BCUT2D eigenvalue weighted by atomic mass is 10.0. The summed E-state index contributed by atoms with van der Waals surface area (Å²) in [7, 11) is 0. The Morgan fingerprint density at radius 3 is 3.03 bits per heavy atom. The summed E-state index contributed by atoms with van der Waals surface area (Å²) < 4.78 is 16.3. The minimum Gasteiger partial charge on any atom is -0.454 e. The molecule has 10 nitrogen and oxygen atoms in total. The molecule has 0 saturated heterocycles. The SMILES string of the molecule is CC(C)NC(=O)N1Cc2[nH]cnc2C[C@H]1c1nc(-c2ccc3c(c2)OCO3)no1. The summed E-state index contributed by atoms with van der Waals surface area (Å²) >= 11 is 0. The van der Waals surface area contributed by atoms with Crippen LogP contribution >= 0.6 is 0 Å². The summed E-state index contributed by atoms with van der Waals surface area (Å²) in [6, 6.07) is 4.89. The van der Waals surface area contributed by atoms with Gasteiger partial charge in [-0.15, -0.1) is 0 Å². The molecule has 0 spiro atoms. The van der Waals surface area contributed by atoms with Crippen LogP contribution in [0.2, 0.25) is 0 Å². The summed E-state index contributed by atoms with van der Waals surface area (Å²) in [5, 5.41) is 7.05. The van der Waals surface area contributed by atoms with Crippen LogP contribution in [0, 0.1) is 0 Å². The summed E-state index contributed by atoms with van der Waals surface area (Å²) in [4.78, 5) is 26.5. The fourth-order valence-electron chi connectivity index (χ4n) is 3.52. The van der Waals surface area contributed by atoms with Crippen LogP contribution in [0.15, 0.2) is 29.0 Å². The van der Waals surface area contributed by atoms with Crippen LogP contribution in [0.1, 0.15) is 37.2 Å². The van der Waals surface area contributed by atoms with E-state index in [4.69, 9.17) is 14.0 Å². The van der Waals surface area contributed by atoms with Crippen molar-refractivity contribution in [2.24, 2.45) is 0 Å². The standard InChI is InChI=1S/C19H20N6O4/c1-10(2)22-19(26)25-7-13-12(20-8-21-13)6-14(25)18-23-17(24-29-18)11-3-4-15-16(5-11)28-9-27-15/h3-5,8,10,14H,6-7,9H2,1-2H3,(H,20,21)(H,22,26)/t14-/m0/s1. The van der Waals surface area contributed by atoms with Gasteiger partial charge < -0.3 is 29.2 Å². The van der Waals surface area contributed by atoms with E-state index in [-0.39, 0.29) is 18.9 Å². The fraction of sp³-hybridized carbons (Fsp3) is 0.368. The third-order valence-electron chi connectivity index (χ3n) is 4.93. The van der Waals surface area contributed by atoms with Crippen molar-refractivity contribution in [3.05, 3.63) is 41.8 Å². The molecule has 10 heteroatoms. The van der Waals surface area contributed by atoms with Crippen LogP contribution in [-0.2, 0) is 13.0 Å². The summed E-state index contributed by atoms with van der Waals surface area (Å²) in [6.07, 6.45) is 2.13. The van der Waals surface area contributed by atoms with E-state index in [9.17, 15) is 4.79 Å². The monoisotopic (exact) mass is 396 g/mol. The van der Waals surface area contributed by atoms with Gasteiger partial charge in [-0.3, -0.25) is 0 Å². The summed E-state index contributed by atoms with van der Waals surface area (Å²) in [5.41, 5.74) is 2.56. The van der Waals surface area contributed by atoms with Crippen molar-refractivity contribution in [1.29, 1.82) is 0 Å².